The predicted molar refractivity (Wildman–Crippen MR) is 159 cm³/mol. The maximum absolute atomic E-state index is 14.4. The summed E-state index contributed by atoms with van der Waals surface area (Å²) in [4.78, 5) is 34.0. The zero-order valence-electron chi connectivity index (χ0n) is 20.1. The van der Waals surface area contributed by atoms with E-state index in [2.05, 4.69) is 73.4 Å². The molecule has 1 aliphatic heterocycles. The number of thiol groups is 3. The number of fused-ring (bicyclic) bond motifs is 1. The summed E-state index contributed by atoms with van der Waals surface area (Å²) in [6.45, 7) is 0.718. The van der Waals surface area contributed by atoms with Crippen LogP contribution in [-0.2, 0) is 0 Å². The highest BCUT2D eigenvalue weighted by Crippen LogP contribution is 2.50. The molecule has 5 rings (SSSR count). The second-order valence-electron chi connectivity index (χ2n) is 8.64. The number of halogens is 1. The SMILES string of the molecule is CNC(=O)c1c(F)cnc2c(C3CC(CNc4cc(-c5cnc(C(S)C(S)S)nc5)ncn4)S3)cccc12. The summed E-state index contributed by atoms with van der Waals surface area (Å²) >= 11 is 14.8. The van der Waals surface area contributed by atoms with Crippen molar-refractivity contribution in [2.24, 2.45) is 0 Å². The molecule has 4 aromatic rings. The van der Waals surface area contributed by atoms with Gasteiger partial charge in [0.1, 0.15) is 18.0 Å². The molecule has 1 saturated heterocycles. The standard InChI is InChI=1S/C25H24FN7OS4/c1-27-24(34)20-15-4-2-3-14(21(15)29-10-16(20)26)18-5-13(38-18)9-28-19-6-17(32-11-33-19)12-7-30-23(31-8-12)22(35)25(36)37/h2-4,6-8,10-11,13,18,22,25,35-37H,5,9H2,1H3,(H,27,34)(H,28,32,33). The third kappa shape index (κ3) is 5.56. The van der Waals surface area contributed by atoms with Crippen LogP contribution in [0, 0.1) is 5.82 Å². The van der Waals surface area contributed by atoms with E-state index in [-0.39, 0.29) is 20.6 Å². The molecule has 1 amide bonds. The number of aromatic nitrogens is 5. The first-order valence-electron chi connectivity index (χ1n) is 11.7. The second kappa shape index (κ2) is 11.6. The van der Waals surface area contributed by atoms with E-state index in [1.807, 2.05) is 30.0 Å². The summed E-state index contributed by atoms with van der Waals surface area (Å²) < 4.78 is 14.1. The second-order valence-corrected chi connectivity index (χ2v) is 12.2. The van der Waals surface area contributed by atoms with E-state index in [0.717, 1.165) is 30.3 Å². The average molecular weight is 586 g/mol. The fourth-order valence-corrected chi connectivity index (χ4v) is 5.89. The van der Waals surface area contributed by atoms with Crippen molar-refractivity contribution in [1.29, 1.82) is 0 Å². The summed E-state index contributed by atoms with van der Waals surface area (Å²) in [6.07, 6.45) is 6.95. The number of para-hydroxylation sites is 1. The van der Waals surface area contributed by atoms with Gasteiger partial charge in [0, 0.05) is 53.5 Å². The van der Waals surface area contributed by atoms with Crippen molar-refractivity contribution in [3.63, 3.8) is 0 Å². The molecule has 3 aromatic heterocycles. The van der Waals surface area contributed by atoms with Gasteiger partial charge in [0.25, 0.3) is 5.91 Å². The molecule has 0 radical (unpaired) electrons. The molecule has 1 aromatic carbocycles. The van der Waals surface area contributed by atoms with E-state index in [1.165, 1.54) is 13.4 Å². The molecular formula is C25H24FN7OS4. The third-order valence-electron chi connectivity index (χ3n) is 6.21. The number of hydrogen-bond donors (Lipinski definition) is 5. The number of amides is 1. The summed E-state index contributed by atoms with van der Waals surface area (Å²) in [6, 6.07) is 7.44. The van der Waals surface area contributed by atoms with Crippen LogP contribution in [0.2, 0.25) is 0 Å². The summed E-state index contributed by atoms with van der Waals surface area (Å²) in [5.41, 5.74) is 3.17. The van der Waals surface area contributed by atoms with Gasteiger partial charge in [-0.1, -0.05) is 18.2 Å². The van der Waals surface area contributed by atoms with Gasteiger partial charge in [-0.3, -0.25) is 9.78 Å². The van der Waals surface area contributed by atoms with Crippen LogP contribution in [0.25, 0.3) is 22.2 Å². The number of pyridine rings is 1. The van der Waals surface area contributed by atoms with Gasteiger partial charge < -0.3 is 10.6 Å². The molecule has 0 spiro atoms. The molecule has 196 valence electrons. The predicted octanol–water partition coefficient (Wildman–Crippen LogP) is 4.80. The van der Waals surface area contributed by atoms with Crippen LogP contribution in [0.3, 0.4) is 0 Å². The van der Waals surface area contributed by atoms with Crippen molar-refractivity contribution in [3.8, 4) is 11.3 Å². The van der Waals surface area contributed by atoms with Crippen LogP contribution >= 0.6 is 49.6 Å². The average Bonchev–Trinajstić information content (AvgIpc) is 2.91. The number of benzene rings is 1. The van der Waals surface area contributed by atoms with Crippen LogP contribution in [0.1, 0.15) is 38.7 Å². The Kier molecular flexibility index (Phi) is 8.26. The van der Waals surface area contributed by atoms with E-state index in [9.17, 15) is 9.18 Å². The fourth-order valence-electron chi connectivity index (χ4n) is 4.22. The number of nitrogens with zero attached hydrogens (tertiary/aromatic N) is 5. The van der Waals surface area contributed by atoms with E-state index in [4.69, 9.17) is 0 Å². The van der Waals surface area contributed by atoms with E-state index < -0.39 is 11.7 Å². The largest absolute Gasteiger partial charge is 0.369 e. The van der Waals surface area contributed by atoms with Crippen molar-refractivity contribution >= 4 is 72.3 Å². The Bertz CT molecular complexity index is 1470. The Morgan fingerprint density at radius 1 is 1.13 bits per heavy atom. The molecule has 3 atom stereocenters. The molecule has 0 bridgehead atoms. The van der Waals surface area contributed by atoms with Gasteiger partial charge in [0.15, 0.2) is 5.82 Å². The highest BCUT2D eigenvalue weighted by molar-refractivity contribution is 8.01. The van der Waals surface area contributed by atoms with Crippen molar-refractivity contribution in [1.82, 2.24) is 30.2 Å². The lowest BCUT2D eigenvalue weighted by atomic mass is 9.99. The Balaban J connectivity index is 1.23. The topological polar surface area (TPSA) is 106 Å². The number of nitrogens with one attached hydrogen (secondary N) is 2. The lowest BCUT2D eigenvalue weighted by molar-refractivity contribution is 0.0960. The number of carbonyl (C=O) groups is 1. The minimum atomic E-state index is -0.626. The first-order valence-corrected chi connectivity index (χ1v) is 14.2. The number of rotatable bonds is 8. The summed E-state index contributed by atoms with van der Waals surface area (Å²) in [5, 5.41) is 6.70. The highest BCUT2D eigenvalue weighted by Gasteiger charge is 2.33. The zero-order valence-corrected chi connectivity index (χ0v) is 23.6. The molecule has 13 heteroatoms. The Morgan fingerprint density at radius 3 is 2.61 bits per heavy atom. The van der Waals surface area contributed by atoms with Crippen LogP contribution in [0.15, 0.2) is 49.2 Å². The minimum absolute atomic E-state index is 0.0274. The van der Waals surface area contributed by atoms with E-state index >= 15 is 0 Å². The van der Waals surface area contributed by atoms with Crippen LogP contribution < -0.4 is 10.6 Å². The third-order valence-corrected chi connectivity index (χ3v) is 9.32. The molecule has 3 unspecified atom stereocenters. The molecule has 8 nitrogen and oxygen atoms in total. The van der Waals surface area contributed by atoms with Crippen molar-refractivity contribution in [2.45, 2.75) is 26.8 Å². The Hall–Kier alpha value is -2.61. The molecule has 38 heavy (non-hydrogen) atoms. The number of thioether (sulfide) groups is 1. The Morgan fingerprint density at radius 2 is 1.89 bits per heavy atom. The van der Waals surface area contributed by atoms with Gasteiger partial charge in [0.05, 0.1) is 32.8 Å². The van der Waals surface area contributed by atoms with Gasteiger partial charge in [-0.15, -0.1) is 11.8 Å². The molecule has 1 fully saturated rings. The van der Waals surface area contributed by atoms with E-state index in [0.29, 0.717) is 33.5 Å². The number of anilines is 1. The van der Waals surface area contributed by atoms with Crippen molar-refractivity contribution in [3.05, 3.63) is 72.0 Å². The molecule has 4 heterocycles. The van der Waals surface area contributed by atoms with Crippen LogP contribution in [0.4, 0.5) is 10.2 Å². The molecule has 0 saturated carbocycles. The quantitative estimate of drug-likeness (QED) is 0.148. The Labute approximate surface area is 239 Å². The van der Waals surface area contributed by atoms with E-state index in [1.54, 1.807) is 18.5 Å². The van der Waals surface area contributed by atoms with Crippen molar-refractivity contribution < 1.29 is 9.18 Å². The van der Waals surface area contributed by atoms with Gasteiger partial charge in [-0.05, 0) is 12.0 Å². The lowest BCUT2D eigenvalue weighted by Crippen LogP contribution is -2.28. The molecule has 2 N–H and O–H groups in total. The summed E-state index contributed by atoms with van der Waals surface area (Å²) in [5.74, 6) is 0.168. The first-order chi connectivity index (χ1) is 18.4. The van der Waals surface area contributed by atoms with Crippen LogP contribution in [0.5, 0.6) is 0 Å². The lowest BCUT2D eigenvalue weighted by Gasteiger charge is -2.35. The molecule has 1 aliphatic rings. The smallest absolute Gasteiger partial charge is 0.254 e. The summed E-state index contributed by atoms with van der Waals surface area (Å²) in [7, 11) is 1.49. The van der Waals surface area contributed by atoms with Crippen molar-refractivity contribution in [2.75, 3.05) is 18.9 Å². The van der Waals surface area contributed by atoms with Gasteiger partial charge in [0.2, 0.25) is 0 Å². The zero-order chi connectivity index (χ0) is 26.8. The van der Waals surface area contributed by atoms with Gasteiger partial charge >= 0.3 is 0 Å². The molecule has 0 aliphatic carbocycles. The maximum atomic E-state index is 14.4. The van der Waals surface area contributed by atoms with Gasteiger partial charge in [-0.25, -0.2) is 24.3 Å². The van der Waals surface area contributed by atoms with Gasteiger partial charge in [-0.2, -0.15) is 37.9 Å². The highest BCUT2D eigenvalue weighted by atomic mass is 32.2. The van der Waals surface area contributed by atoms with Crippen LogP contribution in [-0.4, -0.2) is 54.3 Å². The number of carbonyl (C=O) groups excluding carboxylic acids is 1. The molecular weight excluding hydrogens is 562 g/mol. The maximum Gasteiger partial charge on any atom is 0.254 e. The first kappa shape index (κ1) is 27.0. The minimum Gasteiger partial charge on any atom is -0.369 e. The number of hydrogen-bond acceptors (Lipinski definition) is 11. The fraction of sp³-hybridized carbons (Fsp3) is 0.280. The normalized spacial score (nSPS) is 17.7. The monoisotopic (exact) mass is 585 g/mol.